The number of aliphatic hydroxyl groups is 1. The van der Waals surface area contributed by atoms with Crippen LogP contribution < -0.4 is 4.74 Å². The molecule has 3 rings (SSSR count). The molecule has 2 aromatic carbocycles. The molecule has 2 N–H and O–H groups in total. The summed E-state index contributed by atoms with van der Waals surface area (Å²) < 4.78 is 5.69. The molecule has 0 bridgehead atoms. The minimum Gasteiger partial charge on any atom is -0.507 e. The molecule has 1 atom stereocenters. The van der Waals surface area contributed by atoms with E-state index in [-0.39, 0.29) is 11.5 Å². The van der Waals surface area contributed by atoms with Gasteiger partial charge in [0.25, 0.3) is 0 Å². The highest BCUT2D eigenvalue weighted by molar-refractivity contribution is 5.99. The van der Waals surface area contributed by atoms with Crippen LogP contribution in [-0.2, 0) is 12.8 Å². The number of benzene rings is 2. The summed E-state index contributed by atoms with van der Waals surface area (Å²) in [4.78, 5) is 12.5. The van der Waals surface area contributed by atoms with E-state index in [4.69, 9.17) is 4.74 Å². The molecule has 4 heteroatoms. The van der Waals surface area contributed by atoms with Crippen LogP contribution in [0.25, 0.3) is 0 Å². The molecule has 1 aliphatic rings. The second-order valence-electron chi connectivity index (χ2n) is 6.81. The van der Waals surface area contributed by atoms with Crippen molar-refractivity contribution >= 4 is 5.78 Å². The summed E-state index contributed by atoms with van der Waals surface area (Å²) in [5.74, 6) is 0.433. The number of aryl methyl sites for hydroxylation is 1. The second kappa shape index (κ2) is 6.29. The normalized spacial score (nSPS) is 16.5. The number of carbonyl (C=O) groups is 1. The van der Waals surface area contributed by atoms with E-state index in [9.17, 15) is 15.0 Å². The maximum Gasteiger partial charge on any atom is 0.166 e. The largest absolute Gasteiger partial charge is 0.507 e. The van der Waals surface area contributed by atoms with Crippen molar-refractivity contribution in [2.45, 2.75) is 44.8 Å². The lowest BCUT2D eigenvalue weighted by atomic mass is 9.94. The van der Waals surface area contributed by atoms with Gasteiger partial charge < -0.3 is 14.9 Å². The molecule has 0 saturated heterocycles. The number of carbonyl (C=O) groups excluding carboxylic acids is 1. The zero-order valence-electron chi connectivity index (χ0n) is 14.0. The molecule has 0 aromatic heterocycles. The smallest absolute Gasteiger partial charge is 0.166 e. The predicted molar refractivity (Wildman–Crippen MR) is 91.6 cm³/mol. The van der Waals surface area contributed by atoms with Gasteiger partial charge >= 0.3 is 0 Å². The van der Waals surface area contributed by atoms with E-state index in [2.05, 4.69) is 0 Å². The lowest BCUT2D eigenvalue weighted by Gasteiger charge is -2.24. The molecule has 1 aliphatic heterocycles. The van der Waals surface area contributed by atoms with Crippen molar-refractivity contribution in [3.05, 3.63) is 59.2 Å². The fourth-order valence-electron chi connectivity index (χ4n) is 2.96. The Morgan fingerprint density at radius 3 is 2.58 bits per heavy atom. The Kier molecular flexibility index (Phi) is 4.33. The summed E-state index contributed by atoms with van der Waals surface area (Å²) >= 11 is 0. The average molecular weight is 326 g/mol. The zero-order chi connectivity index (χ0) is 17.3. The Hall–Kier alpha value is -2.33. The number of phenolic OH excluding ortho intramolecular Hbond substituents is 1. The van der Waals surface area contributed by atoms with Gasteiger partial charge in [0.15, 0.2) is 5.78 Å². The first-order valence-corrected chi connectivity index (χ1v) is 8.17. The van der Waals surface area contributed by atoms with Gasteiger partial charge in [-0.3, -0.25) is 4.79 Å². The van der Waals surface area contributed by atoms with E-state index in [0.29, 0.717) is 36.1 Å². The highest BCUT2D eigenvalue weighted by Gasteiger charge is 2.37. The lowest BCUT2D eigenvalue weighted by Crippen LogP contribution is -2.39. The van der Waals surface area contributed by atoms with Gasteiger partial charge in [0.1, 0.15) is 17.6 Å². The third-order valence-corrected chi connectivity index (χ3v) is 4.47. The third-order valence-electron chi connectivity index (χ3n) is 4.47. The Balaban J connectivity index is 1.75. The molecule has 0 radical (unpaired) electrons. The first kappa shape index (κ1) is 16.5. The summed E-state index contributed by atoms with van der Waals surface area (Å²) in [5, 5.41) is 20.6. The van der Waals surface area contributed by atoms with Gasteiger partial charge in [0.05, 0.1) is 11.2 Å². The minimum atomic E-state index is -1.01. The Morgan fingerprint density at radius 2 is 1.92 bits per heavy atom. The summed E-state index contributed by atoms with van der Waals surface area (Å²) in [6, 6.07) is 13.1. The average Bonchev–Trinajstić information content (AvgIpc) is 2.99. The fourth-order valence-corrected chi connectivity index (χ4v) is 2.96. The van der Waals surface area contributed by atoms with E-state index in [1.165, 1.54) is 0 Å². The van der Waals surface area contributed by atoms with Gasteiger partial charge in [0, 0.05) is 18.4 Å². The van der Waals surface area contributed by atoms with E-state index in [0.717, 1.165) is 5.56 Å². The number of hydrogen-bond acceptors (Lipinski definition) is 4. The van der Waals surface area contributed by atoms with Crippen LogP contribution in [0.2, 0.25) is 0 Å². The molecule has 0 saturated carbocycles. The molecule has 24 heavy (non-hydrogen) atoms. The van der Waals surface area contributed by atoms with Crippen LogP contribution in [0.4, 0.5) is 0 Å². The lowest BCUT2D eigenvalue weighted by molar-refractivity contribution is -0.0229. The molecule has 0 aliphatic carbocycles. The molecule has 4 nitrogen and oxygen atoms in total. The maximum absolute atomic E-state index is 12.5. The van der Waals surface area contributed by atoms with Gasteiger partial charge in [0.2, 0.25) is 0 Å². The summed E-state index contributed by atoms with van der Waals surface area (Å²) in [7, 11) is 0. The topological polar surface area (TPSA) is 66.8 Å². The molecule has 1 heterocycles. The molecule has 0 amide bonds. The van der Waals surface area contributed by atoms with Crippen molar-refractivity contribution in [2.24, 2.45) is 0 Å². The number of ether oxygens (including phenoxy) is 1. The van der Waals surface area contributed by atoms with Gasteiger partial charge in [-0.1, -0.05) is 30.3 Å². The van der Waals surface area contributed by atoms with Gasteiger partial charge in [-0.05, 0) is 38.0 Å². The van der Waals surface area contributed by atoms with Crippen molar-refractivity contribution in [3.8, 4) is 11.5 Å². The van der Waals surface area contributed by atoms with Crippen molar-refractivity contribution in [2.75, 3.05) is 0 Å². The fraction of sp³-hybridized carbons (Fsp3) is 0.350. The molecule has 2 aromatic rings. The third kappa shape index (κ3) is 3.29. The predicted octanol–water partition coefficient (Wildman–Crippen LogP) is 3.28. The van der Waals surface area contributed by atoms with Gasteiger partial charge in [-0.2, -0.15) is 0 Å². The highest BCUT2D eigenvalue weighted by Crippen LogP contribution is 2.40. The SMILES string of the molecule is CC(C)(O)C1Cc2c(ccc(C(=O)CCc3ccccc3)c2O)O1. The number of phenols is 1. The van der Waals surface area contributed by atoms with Crippen molar-refractivity contribution in [3.63, 3.8) is 0 Å². The molecular formula is C20H22O4. The maximum atomic E-state index is 12.5. The van der Waals surface area contributed by atoms with Crippen LogP contribution >= 0.6 is 0 Å². The molecule has 0 fully saturated rings. The number of hydrogen-bond donors (Lipinski definition) is 2. The minimum absolute atomic E-state index is 0.0164. The Labute approximate surface area is 141 Å². The molecule has 1 unspecified atom stereocenters. The number of ketones is 1. The molecule has 126 valence electrons. The highest BCUT2D eigenvalue weighted by atomic mass is 16.5. The van der Waals surface area contributed by atoms with E-state index < -0.39 is 11.7 Å². The Bertz CT molecular complexity index is 744. The number of rotatable bonds is 5. The summed E-state index contributed by atoms with van der Waals surface area (Å²) in [6.45, 7) is 3.35. The number of Topliss-reactive ketones (excluding diaryl/α,β-unsaturated/α-hetero) is 1. The second-order valence-corrected chi connectivity index (χ2v) is 6.81. The van der Waals surface area contributed by atoms with E-state index in [1.54, 1.807) is 26.0 Å². The van der Waals surface area contributed by atoms with Crippen LogP contribution in [-0.4, -0.2) is 27.7 Å². The molecular weight excluding hydrogens is 304 g/mol. The van der Waals surface area contributed by atoms with Crippen molar-refractivity contribution < 1.29 is 19.7 Å². The van der Waals surface area contributed by atoms with Crippen molar-refractivity contribution in [1.29, 1.82) is 0 Å². The van der Waals surface area contributed by atoms with Crippen LogP contribution in [0.15, 0.2) is 42.5 Å². The number of aromatic hydroxyl groups is 1. The Morgan fingerprint density at radius 1 is 1.21 bits per heavy atom. The first-order chi connectivity index (χ1) is 11.4. The number of fused-ring (bicyclic) bond motifs is 1. The van der Waals surface area contributed by atoms with Crippen LogP contribution in [0, 0.1) is 0 Å². The van der Waals surface area contributed by atoms with E-state index in [1.807, 2.05) is 30.3 Å². The quantitative estimate of drug-likeness (QED) is 0.828. The zero-order valence-corrected chi connectivity index (χ0v) is 14.0. The van der Waals surface area contributed by atoms with Crippen LogP contribution in [0.5, 0.6) is 11.5 Å². The summed E-state index contributed by atoms with van der Waals surface area (Å²) in [6.07, 6.45) is 0.948. The van der Waals surface area contributed by atoms with Gasteiger partial charge in [-0.15, -0.1) is 0 Å². The summed E-state index contributed by atoms with van der Waals surface area (Å²) in [5.41, 5.74) is 1.01. The van der Waals surface area contributed by atoms with Gasteiger partial charge in [-0.25, -0.2) is 0 Å². The van der Waals surface area contributed by atoms with E-state index >= 15 is 0 Å². The van der Waals surface area contributed by atoms with Crippen molar-refractivity contribution in [1.82, 2.24) is 0 Å². The molecule has 0 spiro atoms. The van der Waals surface area contributed by atoms with Crippen LogP contribution in [0.1, 0.15) is 41.8 Å². The first-order valence-electron chi connectivity index (χ1n) is 8.17. The standard InChI is InChI=1S/C20H22O4/c1-20(2,23)18-12-15-17(24-18)11-9-14(19(15)22)16(21)10-8-13-6-4-3-5-7-13/h3-7,9,11,18,22-23H,8,10,12H2,1-2H3. The van der Waals surface area contributed by atoms with Crippen LogP contribution in [0.3, 0.4) is 0 Å². The monoisotopic (exact) mass is 326 g/mol.